The van der Waals surface area contributed by atoms with Crippen LogP contribution in [0.15, 0.2) is 74.6 Å². The van der Waals surface area contributed by atoms with Crippen molar-refractivity contribution >= 4 is 56.8 Å². The Morgan fingerprint density at radius 1 is 1.09 bits per heavy atom. The van der Waals surface area contributed by atoms with Crippen LogP contribution in [0.5, 0.6) is 0 Å². The van der Waals surface area contributed by atoms with E-state index in [2.05, 4.69) is 22.4 Å². The number of carboxylic acid groups (broad SMARTS) is 2. The van der Waals surface area contributed by atoms with E-state index in [1.165, 1.54) is 6.20 Å². The minimum absolute atomic E-state index is 0.0444. The highest BCUT2D eigenvalue weighted by molar-refractivity contribution is 7.85. The van der Waals surface area contributed by atoms with Crippen molar-refractivity contribution in [3.05, 3.63) is 70.7 Å². The van der Waals surface area contributed by atoms with Crippen LogP contribution in [0.2, 0.25) is 0 Å². The van der Waals surface area contributed by atoms with Crippen molar-refractivity contribution in [2.45, 2.75) is 65.3 Å². The highest BCUT2D eigenvalue weighted by Gasteiger charge is 2.44. The number of unbranched alkanes of at least 4 members (excludes halogenated alkanes) is 2. The normalized spacial score (nSPS) is 18.8. The van der Waals surface area contributed by atoms with Gasteiger partial charge in [-0.05, 0) is 74.6 Å². The van der Waals surface area contributed by atoms with Gasteiger partial charge in [-0.25, -0.2) is 24.1 Å². The number of rotatable bonds is 14. The van der Waals surface area contributed by atoms with Crippen LogP contribution >= 0.6 is 12.2 Å². The van der Waals surface area contributed by atoms with Crippen molar-refractivity contribution in [3.63, 3.8) is 0 Å². The van der Waals surface area contributed by atoms with Gasteiger partial charge in [0, 0.05) is 36.7 Å². The molecule has 14 heteroatoms. The van der Waals surface area contributed by atoms with Gasteiger partial charge < -0.3 is 15.1 Å². The second-order valence-electron chi connectivity index (χ2n) is 12.4. The molecule has 1 aromatic heterocycles. The van der Waals surface area contributed by atoms with Gasteiger partial charge in [-0.3, -0.25) is 4.55 Å². The summed E-state index contributed by atoms with van der Waals surface area (Å²) in [6.45, 7) is 9.21. The number of carbonyl (C=O) groups is 2. The molecule has 0 saturated carbocycles. The molecule has 4 heterocycles. The Morgan fingerprint density at radius 2 is 1.83 bits per heavy atom. The van der Waals surface area contributed by atoms with E-state index in [1.807, 2.05) is 50.8 Å². The maximum Gasteiger partial charge on any atom is 0.339 e. The third kappa shape index (κ3) is 7.64. The fourth-order valence-electron chi connectivity index (χ4n) is 5.64. The Kier molecular flexibility index (Phi) is 10.4. The molecular formula is C32H38N5O7S2+. The quantitative estimate of drug-likeness (QED) is 0.0837. The van der Waals surface area contributed by atoms with Gasteiger partial charge in [0.15, 0.2) is 5.71 Å². The lowest BCUT2D eigenvalue weighted by Crippen LogP contribution is -2.37. The van der Waals surface area contributed by atoms with Gasteiger partial charge in [0.05, 0.1) is 45.3 Å². The van der Waals surface area contributed by atoms with E-state index in [1.54, 1.807) is 22.9 Å². The summed E-state index contributed by atoms with van der Waals surface area (Å²) in [5.41, 5.74) is 1.89. The molecule has 0 aliphatic carbocycles. The first-order valence-corrected chi connectivity index (χ1v) is 16.9. The van der Waals surface area contributed by atoms with E-state index < -0.39 is 38.6 Å². The number of pyridine rings is 1. The third-order valence-corrected chi connectivity index (χ3v) is 9.27. The maximum absolute atomic E-state index is 12.0. The summed E-state index contributed by atoms with van der Waals surface area (Å²) in [7, 11) is -4.17. The van der Waals surface area contributed by atoms with Crippen LogP contribution in [0.25, 0.3) is 0 Å². The molecule has 0 atom stereocenters. The zero-order valence-electron chi connectivity index (χ0n) is 26.2. The van der Waals surface area contributed by atoms with Crippen LogP contribution in [0.4, 0.5) is 5.82 Å². The molecule has 0 amide bonds. The lowest BCUT2D eigenvalue weighted by molar-refractivity contribution is -0.684. The SMILES string of the molecule is CC1(C)C2=CC(C(=O)O)=CN(CCCCCN=C=S)C2=N/C1=C\C=C\C1=Nc2c(cc(C(=O)O)c[n+]2CCCS(=O)(=O)O)C1(C)C. The maximum atomic E-state index is 12.0. The Labute approximate surface area is 273 Å². The topological polar surface area (TPSA) is 173 Å². The van der Waals surface area contributed by atoms with Crippen LogP contribution < -0.4 is 4.57 Å². The first-order chi connectivity index (χ1) is 21.6. The Morgan fingerprint density at radius 3 is 2.48 bits per heavy atom. The number of fused-ring (bicyclic) bond motifs is 2. The minimum Gasteiger partial charge on any atom is -0.478 e. The predicted molar refractivity (Wildman–Crippen MR) is 177 cm³/mol. The number of aromatic nitrogens is 1. The molecule has 12 nitrogen and oxygen atoms in total. The number of carboxylic acids is 2. The zero-order chi connectivity index (χ0) is 33.9. The number of nitrogens with zero attached hydrogens (tertiary/aromatic N) is 5. The molecule has 0 aromatic carbocycles. The van der Waals surface area contributed by atoms with Crippen molar-refractivity contribution in [2.24, 2.45) is 20.4 Å². The molecule has 3 N–H and O–H groups in total. The van der Waals surface area contributed by atoms with Gasteiger partial charge >= 0.3 is 17.8 Å². The number of aliphatic imine (C=N–C) groups is 3. The van der Waals surface area contributed by atoms with E-state index in [9.17, 15) is 28.2 Å². The molecule has 0 fully saturated rings. The average Bonchev–Trinajstić information content (AvgIpc) is 3.38. The summed E-state index contributed by atoms with van der Waals surface area (Å²) < 4.78 is 33.3. The number of amidine groups is 1. The molecule has 4 rings (SSSR count). The number of hydrogen-bond acceptors (Lipinski definition) is 9. The number of isothiocyanates is 1. The number of thiocarbonyl (C=S) groups is 1. The molecule has 244 valence electrons. The summed E-state index contributed by atoms with van der Waals surface area (Å²) >= 11 is 4.61. The largest absolute Gasteiger partial charge is 0.478 e. The van der Waals surface area contributed by atoms with Gasteiger partial charge in [-0.15, -0.1) is 0 Å². The molecule has 1 aromatic rings. The monoisotopic (exact) mass is 668 g/mol. The van der Waals surface area contributed by atoms with Gasteiger partial charge in [0.2, 0.25) is 0 Å². The average molecular weight is 669 g/mol. The molecule has 0 radical (unpaired) electrons. The lowest BCUT2D eigenvalue weighted by Gasteiger charge is -2.29. The Hall–Kier alpha value is -4.10. The molecular weight excluding hydrogens is 631 g/mol. The van der Waals surface area contributed by atoms with Gasteiger partial charge in [0.1, 0.15) is 12.0 Å². The van der Waals surface area contributed by atoms with Crippen LogP contribution in [0.1, 0.15) is 69.3 Å². The van der Waals surface area contributed by atoms with E-state index in [0.717, 1.165) is 30.5 Å². The molecule has 0 saturated heterocycles. The lowest BCUT2D eigenvalue weighted by atomic mass is 9.80. The number of aliphatic carboxylic acids is 1. The molecule has 0 bridgehead atoms. The van der Waals surface area contributed by atoms with Crippen molar-refractivity contribution in [1.29, 1.82) is 0 Å². The second-order valence-corrected chi connectivity index (χ2v) is 14.1. The highest BCUT2D eigenvalue weighted by atomic mass is 32.2. The molecule has 3 aliphatic heterocycles. The standard InChI is InChI=1S/C32H37N5O7S2/c1-31(2)23-16-21(29(38)39)18-36(13-7-5-6-12-33-20-45)27(23)34-25(31)10-8-11-26-32(3,4)24-17-22(30(40)41)19-37(28(24)35-26)14-9-15-46(42,43)44/h8,10-11,16-19H,5-7,9,12-15H2,1-4H3,(H2-,38,39,40,41,42,43,44)/p+1. The van der Waals surface area contributed by atoms with E-state index in [4.69, 9.17) is 14.5 Å². The second kappa shape index (κ2) is 13.7. The van der Waals surface area contributed by atoms with Crippen molar-refractivity contribution in [1.82, 2.24) is 4.90 Å². The first kappa shape index (κ1) is 34.8. The smallest absolute Gasteiger partial charge is 0.339 e. The van der Waals surface area contributed by atoms with Crippen LogP contribution in [-0.4, -0.2) is 75.6 Å². The minimum atomic E-state index is -4.17. The first-order valence-electron chi connectivity index (χ1n) is 14.9. The van der Waals surface area contributed by atoms with Crippen LogP contribution in [-0.2, 0) is 26.9 Å². The third-order valence-electron chi connectivity index (χ3n) is 8.33. The highest BCUT2D eigenvalue weighted by Crippen LogP contribution is 2.45. The summed E-state index contributed by atoms with van der Waals surface area (Å²) in [6, 6.07) is 1.58. The molecule has 46 heavy (non-hydrogen) atoms. The van der Waals surface area contributed by atoms with E-state index in [-0.39, 0.29) is 24.1 Å². The number of aromatic carboxylic acids is 1. The Bertz CT molecular complexity index is 1790. The van der Waals surface area contributed by atoms with Gasteiger partial charge in [0.25, 0.3) is 10.1 Å². The van der Waals surface area contributed by atoms with Crippen LogP contribution in [0, 0.1) is 5.41 Å². The molecule has 0 unspecified atom stereocenters. The van der Waals surface area contributed by atoms with Gasteiger partial charge in [-0.2, -0.15) is 8.42 Å². The Balaban J connectivity index is 1.62. The molecule has 0 spiro atoms. The number of hydrogen-bond donors (Lipinski definition) is 3. The van der Waals surface area contributed by atoms with Crippen molar-refractivity contribution in [2.75, 3.05) is 18.8 Å². The van der Waals surface area contributed by atoms with Crippen LogP contribution in [0.3, 0.4) is 0 Å². The summed E-state index contributed by atoms with van der Waals surface area (Å²) in [5.74, 6) is -1.36. The van der Waals surface area contributed by atoms with Crippen molar-refractivity contribution < 1.29 is 37.3 Å². The summed E-state index contributed by atoms with van der Waals surface area (Å²) in [4.78, 5) is 39.4. The molecule has 3 aliphatic rings. The van der Waals surface area contributed by atoms with E-state index in [0.29, 0.717) is 36.0 Å². The number of aryl methyl sites for hydroxylation is 1. The fraction of sp³-hybridized carbons (Fsp3) is 0.438. The zero-order valence-corrected chi connectivity index (χ0v) is 27.9. The fourth-order valence-corrected chi connectivity index (χ4v) is 6.23. The summed E-state index contributed by atoms with van der Waals surface area (Å²) in [5, 5.41) is 21.9. The van der Waals surface area contributed by atoms with Crippen molar-refractivity contribution in [3.8, 4) is 0 Å². The summed E-state index contributed by atoms with van der Waals surface area (Å²) in [6.07, 6.45) is 12.9. The van der Waals surface area contributed by atoms with Gasteiger partial charge in [-0.1, -0.05) is 19.9 Å². The predicted octanol–water partition coefficient (Wildman–Crippen LogP) is 4.68. The number of allylic oxidation sites excluding steroid dienone is 4. The van der Waals surface area contributed by atoms with E-state index >= 15 is 0 Å².